The van der Waals surface area contributed by atoms with Crippen LogP contribution in [0.2, 0.25) is 0 Å². The maximum atomic E-state index is 5.02. The summed E-state index contributed by atoms with van der Waals surface area (Å²) < 4.78 is 5.02. The monoisotopic (exact) mass is 179 g/mol. The van der Waals surface area contributed by atoms with E-state index < -0.39 is 0 Å². The van der Waals surface area contributed by atoms with Crippen molar-refractivity contribution in [1.82, 2.24) is 5.32 Å². The highest BCUT2D eigenvalue weighted by Gasteiger charge is 2.27. The molecule has 1 aliphatic carbocycles. The van der Waals surface area contributed by atoms with Crippen molar-refractivity contribution in [2.75, 3.05) is 0 Å². The van der Waals surface area contributed by atoms with E-state index in [4.69, 9.17) is 4.42 Å². The number of hydrogen-bond donors (Lipinski definition) is 1. The van der Waals surface area contributed by atoms with Gasteiger partial charge in [0.1, 0.15) is 0 Å². The van der Waals surface area contributed by atoms with Crippen LogP contribution >= 0.6 is 0 Å². The van der Waals surface area contributed by atoms with Gasteiger partial charge in [-0.25, -0.2) is 0 Å². The summed E-state index contributed by atoms with van der Waals surface area (Å²) in [5.74, 6) is 0. The third-order valence-electron chi connectivity index (χ3n) is 3.01. The Balaban J connectivity index is 1.85. The van der Waals surface area contributed by atoms with Crippen molar-refractivity contribution in [1.29, 1.82) is 0 Å². The zero-order chi connectivity index (χ0) is 9.15. The molecule has 1 saturated carbocycles. The lowest BCUT2D eigenvalue weighted by Gasteiger charge is -2.24. The molecule has 0 amide bonds. The number of rotatable bonds is 3. The van der Waals surface area contributed by atoms with Crippen LogP contribution in [0.3, 0.4) is 0 Å². The number of hydrogen-bond acceptors (Lipinski definition) is 2. The van der Waals surface area contributed by atoms with E-state index in [1.165, 1.54) is 31.2 Å². The van der Waals surface area contributed by atoms with Crippen molar-refractivity contribution in [2.45, 2.75) is 44.7 Å². The molecule has 0 saturated heterocycles. The molecule has 2 nitrogen and oxygen atoms in total. The Bertz CT molecular complexity index is 247. The van der Waals surface area contributed by atoms with E-state index in [9.17, 15) is 0 Å². The molecular formula is C11H17NO. The van der Waals surface area contributed by atoms with Gasteiger partial charge in [-0.3, -0.25) is 0 Å². The quantitative estimate of drug-likeness (QED) is 0.771. The van der Waals surface area contributed by atoms with Crippen molar-refractivity contribution >= 4 is 0 Å². The highest BCUT2D eigenvalue weighted by atomic mass is 16.3. The highest BCUT2D eigenvalue weighted by molar-refractivity contribution is 5.05. The molecule has 1 heterocycles. The van der Waals surface area contributed by atoms with Crippen LogP contribution in [0.5, 0.6) is 0 Å². The van der Waals surface area contributed by atoms with Gasteiger partial charge in [-0.05, 0) is 25.8 Å². The van der Waals surface area contributed by atoms with Gasteiger partial charge in [0.25, 0.3) is 0 Å². The van der Waals surface area contributed by atoms with Crippen LogP contribution in [0.4, 0.5) is 0 Å². The molecular weight excluding hydrogens is 162 g/mol. The number of furan rings is 1. The molecule has 1 N–H and O–H groups in total. The third-order valence-corrected chi connectivity index (χ3v) is 3.01. The van der Waals surface area contributed by atoms with Crippen LogP contribution < -0.4 is 5.32 Å². The summed E-state index contributed by atoms with van der Waals surface area (Å²) in [6.45, 7) is 3.26. The normalized spacial score (nSPS) is 20.7. The Morgan fingerprint density at radius 2 is 2.23 bits per heavy atom. The van der Waals surface area contributed by atoms with E-state index in [1.54, 1.807) is 6.26 Å². The van der Waals surface area contributed by atoms with Gasteiger partial charge in [0.15, 0.2) is 0 Å². The highest BCUT2D eigenvalue weighted by Crippen LogP contribution is 2.29. The van der Waals surface area contributed by atoms with Gasteiger partial charge < -0.3 is 9.73 Å². The second kappa shape index (κ2) is 3.54. The van der Waals surface area contributed by atoms with Gasteiger partial charge >= 0.3 is 0 Å². The molecule has 72 valence electrons. The predicted molar refractivity (Wildman–Crippen MR) is 52.4 cm³/mol. The molecule has 2 heteroatoms. The molecule has 0 bridgehead atoms. The predicted octanol–water partition coefficient (Wildman–Crippen LogP) is 2.70. The summed E-state index contributed by atoms with van der Waals surface area (Å²) in [6.07, 6.45) is 8.90. The Kier molecular flexibility index (Phi) is 2.40. The van der Waals surface area contributed by atoms with E-state index in [1.807, 2.05) is 12.3 Å². The largest absolute Gasteiger partial charge is 0.472 e. The van der Waals surface area contributed by atoms with Crippen molar-refractivity contribution in [3.05, 3.63) is 24.2 Å². The Labute approximate surface area is 79.3 Å². The summed E-state index contributed by atoms with van der Waals surface area (Å²) >= 11 is 0. The first-order chi connectivity index (χ1) is 6.29. The molecule has 1 fully saturated rings. The van der Waals surface area contributed by atoms with Crippen LogP contribution in [-0.4, -0.2) is 5.54 Å². The zero-order valence-electron chi connectivity index (χ0n) is 8.18. The van der Waals surface area contributed by atoms with Crippen molar-refractivity contribution in [3.8, 4) is 0 Å². The fourth-order valence-electron chi connectivity index (χ4n) is 2.04. The molecule has 1 aromatic heterocycles. The molecule has 0 unspecified atom stereocenters. The summed E-state index contributed by atoms with van der Waals surface area (Å²) in [6, 6.07) is 2.02. The van der Waals surface area contributed by atoms with Crippen molar-refractivity contribution in [3.63, 3.8) is 0 Å². The minimum atomic E-state index is 0.372. The van der Waals surface area contributed by atoms with Crippen LogP contribution in [0.25, 0.3) is 0 Å². The molecule has 1 aliphatic rings. The zero-order valence-corrected chi connectivity index (χ0v) is 8.18. The average Bonchev–Trinajstić information content (AvgIpc) is 2.72. The second-order valence-electron chi connectivity index (χ2n) is 4.25. The van der Waals surface area contributed by atoms with Crippen LogP contribution in [0.15, 0.2) is 23.0 Å². The molecule has 0 spiro atoms. The summed E-state index contributed by atoms with van der Waals surface area (Å²) in [5.41, 5.74) is 1.62. The average molecular weight is 179 g/mol. The first-order valence-corrected chi connectivity index (χ1v) is 5.05. The molecule has 0 aromatic carbocycles. The fourth-order valence-corrected chi connectivity index (χ4v) is 2.04. The maximum absolute atomic E-state index is 5.02. The lowest BCUT2D eigenvalue weighted by Crippen LogP contribution is -2.38. The van der Waals surface area contributed by atoms with Gasteiger partial charge in [-0.2, -0.15) is 0 Å². The standard InChI is InChI=1S/C11H17NO/c1-11(5-2-3-6-11)12-8-10-4-7-13-9-10/h4,7,9,12H,2-3,5-6,8H2,1H3. The maximum Gasteiger partial charge on any atom is 0.0947 e. The Morgan fingerprint density at radius 3 is 2.85 bits per heavy atom. The van der Waals surface area contributed by atoms with Crippen LogP contribution in [-0.2, 0) is 6.54 Å². The van der Waals surface area contributed by atoms with Crippen molar-refractivity contribution in [2.24, 2.45) is 0 Å². The molecule has 1 aromatic rings. The first-order valence-electron chi connectivity index (χ1n) is 5.05. The third kappa shape index (κ3) is 2.13. The van der Waals surface area contributed by atoms with Gasteiger partial charge in [-0.15, -0.1) is 0 Å². The smallest absolute Gasteiger partial charge is 0.0947 e. The van der Waals surface area contributed by atoms with E-state index >= 15 is 0 Å². The minimum absolute atomic E-state index is 0.372. The van der Waals surface area contributed by atoms with Gasteiger partial charge in [-0.1, -0.05) is 12.8 Å². The lowest BCUT2D eigenvalue weighted by atomic mass is 10.0. The number of nitrogens with one attached hydrogen (secondary N) is 1. The topological polar surface area (TPSA) is 25.2 Å². The molecule has 0 radical (unpaired) electrons. The van der Waals surface area contributed by atoms with E-state index in [2.05, 4.69) is 12.2 Å². The van der Waals surface area contributed by atoms with Crippen LogP contribution in [0.1, 0.15) is 38.2 Å². The molecule has 2 rings (SSSR count). The summed E-state index contributed by atoms with van der Waals surface area (Å²) in [5, 5.41) is 3.60. The van der Waals surface area contributed by atoms with Gasteiger partial charge in [0, 0.05) is 17.6 Å². The molecule has 13 heavy (non-hydrogen) atoms. The fraction of sp³-hybridized carbons (Fsp3) is 0.636. The summed E-state index contributed by atoms with van der Waals surface area (Å²) in [7, 11) is 0. The second-order valence-corrected chi connectivity index (χ2v) is 4.25. The van der Waals surface area contributed by atoms with Gasteiger partial charge in [0.2, 0.25) is 0 Å². The first kappa shape index (κ1) is 8.82. The Morgan fingerprint density at radius 1 is 1.46 bits per heavy atom. The molecule has 0 aliphatic heterocycles. The lowest BCUT2D eigenvalue weighted by molar-refractivity contribution is 0.362. The summed E-state index contributed by atoms with van der Waals surface area (Å²) in [4.78, 5) is 0. The van der Waals surface area contributed by atoms with E-state index in [0.717, 1.165) is 6.54 Å². The van der Waals surface area contributed by atoms with Gasteiger partial charge in [0.05, 0.1) is 12.5 Å². The van der Waals surface area contributed by atoms with Crippen molar-refractivity contribution < 1.29 is 4.42 Å². The van der Waals surface area contributed by atoms with E-state index in [-0.39, 0.29) is 0 Å². The molecule has 0 atom stereocenters. The SMILES string of the molecule is CC1(NCc2ccoc2)CCCC1. The minimum Gasteiger partial charge on any atom is -0.472 e. The van der Waals surface area contributed by atoms with Crippen LogP contribution in [0, 0.1) is 0 Å². The van der Waals surface area contributed by atoms with E-state index in [0.29, 0.717) is 5.54 Å². The Hall–Kier alpha value is -0.760.